The Kier molecular flexibility index (Phi) is 4.54. The molecule has 0 aliphatic carbocycles. The van der Waals surface area contributed by atoms with Crippen molar-refractivity contribution in [1.82, 2.24) is 0 Å². The lowest BCUT2D eigenvalue weighted by Gasteiger charge is -2.27. The van der Waals surface area contributed by atoms with Crippen molar-refractivity contribution >= 4 is 11.6 Å². The lowest BCUT2D eigenvalue weighted by molar-refractivity contribution is 0.372. The van der Waals surface area contributed by atoms with Crippen LogP contribution in [0.15, 0.2) is 0 Å². The summed E-state index contributed by atoms with van der Waals surface area (Å²) in [4.78, 5) is 0. The number of hydrogen-bond donors (Lipinski definition) is 0. The first kappa shape index (κ1) is 15.6. The molecule has 0 amide bonds. The Hall–Kier alpha value is -0.490. The second kappa shape index (κ2) is 5.25. The van der Waals surface area contributed by atoms with Gasteiger partial charge in [0.25, 0.3) is 0 Å². The third-order valence-electron chi connectivity index (χ3n) is 4.16. The van der Waals surface area contributed by atoms with Gasteiger partial charge in [-0.3, -0.25) is 0 Å². The average molecular weight is 267 g/mol. The molecule has 0 saturated carbocycles. The smallest absolute Gasteiger partial charge is 0.0595 e. The second-order valence-corrected chi connectivity index (χ2v) is 7.30. The summed E-state index contributed by atoms with van der Waals surface area (Å²) in [5, 5.41) is 0.114. The minimum atomic E-state index is 0.114. The van der Waals surface area contributed by atoms with Gasteiger partial charge in [-0.1, -0.05) is 20.8 Å². The maximum atomic E-state index is 6.70. The lowest BCUT2D eigenvalue weighted by atomic mass is 9.82. The lowest BCUT2D eigenvalue weighted by Crippen LogP contribution is -2.12. The monoisotopic (exact) mass is 266 g/mol. The molecule has 0 N–H and O–H groups in total. The van der Waals surface area contributed by atoms with Crippen LogP contribution in [0.1, 0.15) is 65.9 Å². The van der Waals surface area contributed by atoms with Gasteiger partial charge in [-0.05, 0) is 79.8 Å². The van der Waals surface area contributed by atoms with Crippen molar-refractivity contribution in [3.05, 3.63) is 33.4 Å². The molecule has 0 nitrogen and oxygen atoms in total. The highest BCUT2D eigenvalue weighted by Gasteiger charge is 2.23. The summed E-state index contributed by atoms with van der Waals surface area (Å²) in [6.07, 6.45) is 1.01. The van der Waals surface area contributed by atoms with Gasteiger partial charge in [0, 0.05) is 0 Å². The summed E-state index contributed by atoms with van der Waals surface area (Å²) >= 11 is 6.70. The molecular formula is C17H27Cl. The zero-order valence-electron chi connectivity index (χ0n) is 13.2. The summed E-state index contributed by atoms with van der Waals surface area (Å²) in [5.74, 6) is 0. The summed E-state index contributed by atoms with van der Waals surface area (Å²) in [6.45, 7) is 17.8. The molecule has 0 heterocycles. The van der Waals surface area contributed by atoms with E-state index in [9.17, 15) is 0 Å². The standard InChI is InChI=1S/C17H27Cl/c1-10-11(2)13(4)16(14(5)12(10)3)15(18)9-17(6,7)8/h15H,9H2,1-8H3. The molecule has 18 heavy (non-hydrogen) atoms. The molecular weight excluding hydrogens is 240 g/mol. The molecule has 0 radical (unpaired) electrons. The van der Waals surface area contributed by atoms with E-state index >= 15 is 0 Å². The van der Waals surface area contributed by atoms with Gasteiger partial charge in [0.15, 0.2) is 0 Å². The molecule has 1 unspecified atom stereocenters. The van der Waals surface area contributed by atoms with E-state index in [1.165, 1.54) is 33.4 Å². The largest absolute Gasteiger partial charge is 0.118 e. The molecule has 1 aromatic rings. The molecule has 1 heteroatoms. The van der Waals surface area contributed by atoms with E-state index in [0.717, 1.165) is 6.42 Å². The van der Waals surface area contributed by atoms with Crippen molar-refractivity contribution in [2.75, 3.05) is 0 Å². The van der Waals surface area contributed by atoms with E-state index in [0.29, 0.717) is 0 Å². The third kappa shape index (κ3) is 3.09. The summed E-state index contributed by atoms with van der Waals surface area (Å²) in [5.41, 5.74) is 8.57. The highest BCUT2D eigenvalue weighted by atomic mass is 35.5. The van der Waals surface area contributed by atoms with Crippen LogP contribution in [0.3, 0.4) is 0 Å². The van der Waals surface area contributed by atoms with Crippen molar-refractivity contribution in [2.45, 2.75) is 67.2 Å². The van der Waals surface area contributed by atoms with Crippen LogP contribution in [0.25, 0.3) is 0 Å². The molecule has 0 saturated heterocycles. The highest BCUT2D eigenvalue weighted by Crippen LogP contribution is 2.39. The molecule has 0 aliphatic heterocycles. The highest BCUT2D eigenvalue weighted by molar-refractivity contribution is 6.21. The molecule has 0 aliphatic rings. The van der Waals surface area contributed by atoms with Gasteiger partial charge in [0.1, 0.15) is 0 Å². The number of hydrogen-bond acceptors (Lipinski definition) is 0. The fourth-order valence-corrected chi connectivity index (χ4v) is 3.43. The zero-order valence-corrected chi connectivity index (χ0v) is 13.9. The second-order valence-electron chi connectivity index (χ2n) is 6.77. The van der Waals surface area contributed by atoms with E-state index in [1.54, 1.807) is 0 Å². The predicted octanol–water partition coefficient (Wildman–Crippen LogP) is 5.94. The Bertz CT molecular complexity index is 421. The van der Waals surface area contributed by atoms with Gasteiger partial charge in [0.2, 0.25) is 0 Å². The Balaban J connectivity index is 3.33. The van der Waals surface area contributed by atoms with Crippen LogP contribution in [-0.2, 0) is 0 Å². The van der Waals surface area contributed by atoms with Crippen molar-refractivity contribution in [1.29, 1.82) is 0 Å². The molecule has 102 valence electrons. The summed E-state index contributed by atoms with van der Waals surface area (Å²) < 4.78 is 0. The topological polar surface area (TPSA) is 0 Å². The summed E-state index contributed by atoms with van der Waals surface area (Å²) in [7, 11) is 0. The van der Waals surface area contributed by atoms with Gasteiger partial charge in [-0.25, -0.2) is 0 Å². The van der Waals surface area contributed by atoms with Crippen LogP contribution in [0, 0.1) is 40.0 Å². The Morgan fingerprint density at radius 2 is 1.11 bits per heavy atom. The van der Waals surface area contributed by atoms with Crippen LogP contribution in [0.5, 0.6) is 0 Å². The number of alkyl halides is 1. The Morgan fingerprint density at radius 1 is 0.778 bits per heavy atom. The maximum Gasteiger partial charge on any atom is 0.0595 e. The molecule has 0 bridgehead atoms. The molecule has 1 atom stereocenters. The first-order valence-electron chi connectivity index (χ1n) is 6.77. The fourth-order valence-electron chi connectivity index (χ4n) is 2.64. The minimum absolute atomic E-state index is 0.114. The molecule has 0 fully saturated rings. The van der Waals surface area contributed by atoms with Gasteiger partial charge in [0.05, 0.1) is 5.38 Å². The van der Waals surface area contributed by atoms with E-state index in [1.807, 2.05) is 0 Å². The van der Waals surface area contributed by atoms with E-state index in [-0.39, 0.29) is 10.8 Å². The number of rotatable bonds is 2. The predicted molar refractivity (Wildman–Crippen MR) is 82.8 cm³/mol. The number of halogens is 1. The van der Waals surface area contributed by atoms with Crippen LogP contribution < -0.4 is 0 Å². The van der Waals surface area contributed by atoms with E-state index in [4.69, 9.17) is 11.6 Å². The molecule has 0 aromatic heterocycles. The van der Waals surface area contributed by atoms with E-state index < -0.39 is 0 Å². The zero-order chi connectivity index (χ0) is 14.2. The third-order valence-corrected chi connectivity index (χ3v) is 4.54. The molecule has 0 spiro atoms. The van der Waals surface area contributed by atoms with E-state index in [2.05, 4.69) is 55.4 Å². The fraction of sp³-hybridized carbons (Fsp3) is 0.647. The Morgan fingerprint density at radius 3 is 1.44 bits per heavy atom. The van der Waals surface area contributed by atoms with Crippen molar-refractivity contribution in [2.24, 2.45) is 5.41 Å². The van der Waals surface area contributed by atoms with Gasteiger partial charge in [-0.2, -0.15) is 0 Å². The average Bonchev–Trinajstić information content (AvgIpc) is 2.21. The van der Waals surface area contributed by atoms with Crippen molar-refractivity contribution in [3.63, 3.8) is 0 Å². The summed E-state index contributed by atoms with van der Waals surface area (Å²) in [6, 6.07) is 0. The first-order chi connectivity index (χ1) is 8.06. The van der Waals surface area contributed by atoms with Crippen molar-refractivity contribution < 1.29 is 0 Å². The van der Waals surface area contributed by atoms with Gasteiger partial charge < -0.3 is 0 Å². The quantitative estimate of drug-likeness (QED) is 0.581. The molecule has 1 aromatic carbocycles. The SMILES string of the molecule is Cc1c(C)c(C)c(C(Cl)CC(C)(C)C)c(C)c1C. The van der Waals surface area contributed by atoms with Crippen molar-refractivity contribution in [3.8, 4) is 0 Å². The van der Waals surface area contributed by atoms with Gasteiger partial charge in [-0.15, -0.1) is 11.6 Å². The van der Waals surface area contributed by atoms with Crippen LogP contribution in [-0.4, -0.2) is 0 Å². The first-order valence-corrected chi connectivity index (χ1v) is 7.21. The van der Waals surface area contributed by atoms with Crippen LogP contribution in [0.4, 0.5) is 0 Å². The normalized spacial score (nSPS) is 13.8. The molecule has 1 rings (SSSR count). The van der Waals surface area contributed by atoms with Crippen LogP contribution >= 0.6 is 11.6 Å². The van der Waals surface area contributed by atoms with Gasteiger partial charge >= 0.3 is 0 Å². The minimum Gasteiger partial charge on any atom is -0.118 e. The number of benzene rings is 1. The maximum absolute atomic E-state index is 6.70. The Labute approximate surface area is 118 Å². The van der Waals surface area contributed by atoms with Crippen LogP contribution in [0.2, 0.25) is 0 Å².